The van der Waals surface area contributed by atoms with Gasteiger partial charge in [-0.25, -0.2) is 9.67 Å². The molecule has 2 aromatic heterocycles. The van der Waals surface area contributed by atoms with Crippen LogP contribution in [-0.4, -0.2) is 20.7 Å². The number of carbonyl (C=O) groups excluding carboxylic acids is 1. The lowest BCUT2D eigenvalue weighted by molar-refractivity contribution is 0.102. The first-order valence-electron chi connectivity index (χ1n) is 9.90. The fourth-order valence-corrected chi connectivity index (χ4v) is 4.30. The molecule has 1 aliphatic carbocycles. The number of carbonyl (C=O) groups is 1. The molecule has 2 heterocycles. The highest BCUT2D eigenvalue weighted by Gasteiger charge is 2.24. The molecule has 1 saturated carbocycles. The molecule has 1 fully saturated rings. The average molecular weight is 397 g/mol. The van der Waals surface area contributed by atoms with E-state index < -0.39 is 0 Å². The molecule has 6 heteroatoms. The summed E-state index contributed by atoms with van der Waals surface area (Å²) in [5, 5.41) is 8.80. The SMILES string of the molecule is Cc1nn(C2CCCC2)c2ncc(C(=O)Nc3ccc(C(C)C)cc3)c(Cl)c12. The second-order valence-corrected chi connectivity index (χ2v) is 8.26. The zero-order valence-corrected chi connectivity index (χ0v) is 17.3. The van der Waals surface area contributed by atoms with Gasteiger partial charge in [0.15, 0.2) is 5.65 Å². The van der Waals surface area contributed by atoms with E-state index in [0.29, 0.717) is 22.5 Å². The van der Waals surface area contributed by atoms with Crippen molar-refractivity contribution in [2.75, 3.05) is 5.32 Å². The molecule has 1 aromatic carbocycles. The van der Waals surface area contributed by atoms with Gasteiger partial charge in [0, 0.05) is 11.9 Å². The maximum absolute atomic E-state index is 12.8. The summed E-state index contributed by atoms with van der Waals surface area (Å²) in [7, 11) is 0. The van der Waals surface area contributed by atoms with E-state index in [1.165, 1.54) is 18.4 Å². The maximum atomic E-state index is 12.8. The Kier molecular flexibility index (Phi) is 5.11. The van der Waals surface area contributed by atoms with Gasteiger partial charge in [0.1, 0.15) is 0 Å². The van der Waals surface area contributed by atoms with Gasteiger partial charge in [0.05, 0.1) is 27.7 Å². The van der Waals surface area contributed by atoms with Crippen molar-refractivity contribution >= 4 is 34.2 Å². The highest BCUT2D eigenvalue weighted by Crippen LogP contribution is 2.35. The molecule has 0 atom stereocenters. The largest absolute Gasteiger partial charge is 0.322 e. The highest BCUT2D eigenvalue weighted by molar-refractivity contribution is 6.39. The minimum Gasteiger partial charge on any atom is -0.322 e. The van der Waals surface area contributed by atoms with Crippen LogP contribution in [0.25, 0.3) is 11.0 Å². The number of pyridine rings is 1. The number of halogens is 1. The van der Waals surface area contributed by atoms with E-state index in [-0.39, 0.29) is 5.91 Å². The molecule has 0 radical (unpaired) electrons. The fraction of sp³-hybridized carbons (Fsp3) is 0.409. The van der Waals surface area contributed by atoms with Crippen molar-refractivity contribution in [2.45, 2.75) is 58.4 Å². The van der Waals surface area contributed by atoms with Gasteiger partial charge in [0.2, 0.25) is 0 Å². The number of hydrogen-bond donors (Lipinski definition) is 1. The Morgan fingerprint density at radius 1 is 1.21 bits per heavy atom. The first-order chi connectivity index (χ1) is 13.5. The number of rotatable bonds is 4. The number of hydrogen-bond acceptors (Lipinski definition) is 3. The standard InChI is InChI=1S/C22H25ClN4O/c1-13(2)15-8-10-16(11-9-15)25-22(28)18-12-24-21-19(20(18)23)14(3)26-27(21)17-6-4-5-7-17/h8-13,17H,4-7H2,1-3H3,(H,25,28). The van der Waals surface area contributed by atoms with Gasteiger partial charge >= 0.3 is 0 Å². The van der Waals surface area contributed by atoms with Crippen LogP contribution in [0.5, 0.6) is 0 Å². The van der Waals surface area contributed by atoms with E-state index in [1.807, 2.05) is 35.9 Å². The second kappa shape index (κ2) is 7.55. The summed E-state index contributed by atoms with van der Waals surface area (Å²) in [4.78, 5) is 17.4. The summed E-state index contributed by atoms with van der Waals surface area (Å²) in [6, 6.07) is 8.25. The molecule has 3 aromatic rings. The quantitative estimate of drug-likeness (QED) is 0.598. The van der Waals surface area contributed by atoms with Crippen LogP contribution in [0, 0.1) is 6.92 Å². The molecule has 0 saturated heterocycles. The Hall–Kier alpha value is -2.40. The fourth-order valence-electron chi connectivity index (χ4n) is 3.94. The van der Waals surface area contributed by atoms with Crippen LogP contribution in [0.1, 0.15) is 73.1 Å². The van der Waals surface area contributed by atoms with Crippen LogP contribution in [0.15, 0.2) is 30.5 Å². The lowest BCUT2D eigenvalue weighted by Gasteiger charge is -2.12. The van der Waals surface area contributed by atoms with Crippen molar-refractivity contribution in [1.29, 1.82) is 0 Å². The van der Waals surface area contributed by atoms with E-state index in [2.05, 4.69) is 29.2 Å². The molecular weight excluding hydrogens is 372 g/mol. The van der Waals surface area contributed by atoms with Crippen molar-refractivity contribution in [2.24, 2.45) is 0 Å². The third-order valence-corrected chi connectivity index (χ3v) is 5.98. The summed E-state index contributed by atoms with van der Waals surface area (Å²) in [5.74, 6) is 0.190. The van der Waals surface area contributed by atoms with Gasteiger partial charge in [-0.05, 0) is 43.4 Å². The van der Waals surface area contributed by atoms with Crippen LogP contribution < -0.4 is 5.32 Å². The molecule has 0 aliphatic heterocycles. The van der Waals surface area contributed by atoms with Crippen LogP contribution in [0.2, 0.25) is 5.02 Å². The predicted octanol–water partition coefficient (Wildman–Crippen LogP) is 5.88. The number of aromatic nitrogens is 3. The Morgan fingerprint density at radius 3 is 2.54 bits per heavy atom. The van der Waals surface area contributed by atoms with Crippen molar-refractivity contribution in [3.63, 3.8) is 0 Å². The zero-order chi connectivity index (χ0) is 19.8. The van der Waals surface area contributed by atoms with E-state index in [9.17, 15) is 4.79 Å². The molecule has 4 rings (SSSR count). The third-order valence-electron chi connectivity index (χ3n) is 5.58. The first-order valence-corrected chi connectivity index (χ1v) is 10.3. The summed E-state index contributed by atoms with van der Waals surface area (Å²) < 4.78 is 2.00. The molecule has 1 N–H and O–H groups in total. The molecule has 1 amide bonds. The van der Waals surface area contributed by atoms with Crippen LogP contribution in [-0.2, 0) is 0 Å². The molecule has 0 spiro atoms. The monoisotopic (exact) mass is 396 g/mol. The van der Waals surface area contributed by atoms with E-state index in [1.54, 1.807) is 6.20 Å². The van der Waals surface area contributed by atoms with Crippen LogP contribution in [0.3, 0.4) is 0 Å². The van der Waals surface area contributed by atoms with Crippen molar-refractivity contribution in [3.05, 3.63) is 52.3 Å². The predicted molar refractivity (Wildman–Crippen MR) is 113 cm³/mol. The van der Waals surface area contributed by atoms with Gasteiger partial charge in [0.25, 0.3) is 5.91 Å². The van der Waals surface area contributed by atoms with E-state index in [4.69, 9.17) is 11.6 Å². The Morgan fingerprint density at radius 2 is 1.89 bits per heavy atom. The zero-order valence-electron chi connectivity index (χ0n) is 16.5. The van der Waals surface area contributed by atoms with Crippen molar-refractivity contribution in [1.82, 2.24) is 14.8 Å². The van der Waals surface area contributed by atoms with Gasteiger partial charge in [-0.1, -0.05) is 50.4 Å². The lowest BCUT2D eigenvalue weighted by atomic mass is 10.0. The van der Waals surface area contributed by atoms with Crippen molar-refractivity contribution in [3.8, 4) is 0 Å². The molecule has 0 unspecified atom stereocenters. The normalized spacial score (nSPS) is 14.9. The topological polar surface area (TPSA) is 59.8 Å². The van der Waals surface area contributed by atoms with Crippen LogP contribution in [0.4, 0.5) is 5.69 Å². The average Bonchev–Trinajstić information content (AvgIpc) is 3.30. The summed E-state index contributed by atoms with van der Waals surface area (Å²) in [5.41, 5.74) is 3.93. The maximum Gasteiger partial charge on any atom is 0.258 e. The number of nitrogens with one attached hydrogen (secondary N) is 1. The molecule has 5 nitrogen and oxygen atoms in total. The van der Waals surface area contributed by atoms with Gasteiger partial charge in [-0.3, -0.25) is 4.79 Å². The molecule has 146 valence electrons. The van der Waals surface area contributed by atoms with Gasteiger partial charge < -0.3 is 5.32 Å². The van der Waals surface area contributed by atoms with E-state index >= 15 is 0 Å². The Bertz CT molecular complexity index is 1020. The second-order valence-electron chi connectivity index (χ2n) is 7.88. The molecule has 0 bridgehead atoms. The highest BCUT2D eigenvalue weighted by atomic mass is 35.5. The Balaban J connectivity index is 1.64. The number of nitrogens with zero attached hydrogens (tertiary/aromatic N) is 3. The van der Waals surface area contributed by atoms with Gasteiger partial charge in [-0.2, -0.15) is 5.10 Å². The minimum absolute atomic E-state index is 0.260. The first kappa shape index (κ1) is 18.9. The summed E-state index contributed by atoms with van der Waals surface area (Å²) in [6.45, 7) is 6.21. The molecule has 1 aliphatic rings. The Labute approximate surface area is 170 Å². The smallest absolute Gasteiger partial charge is 0.258 e. The number of amides is 1. The lowest BCUT2D eigenvalue weighted by Crippen LogP contribution is -2.13. The summed E-state index contributed by atoms with van der Waals surface area (Å²) >= 11 is 6.64. The molecular formula is C22H25ClN4O. The van der Waals surface area contributed by atoms with E-state index in [0.717, 1.165) is 35.3 Å². The molecule has 28 heavy (non-hydrogen) atoms. The minimum atomic E-state index is -0.260. The third kappa shape index (κ3) is 3.39. The van der Waals surface area contributed by atoms with Crippen LogP contribution >= 0.6 is 11.6 Å². The van der Waals surface area contributed by atoms with Gasteiger partial charge in [-0.15, -0.1) is 0 Å². The summed E-state index contributed by atoms with van der Waals surface area (Å²) in [6.07, 6.45) is 6.23. The van der Waals surface area contributed by atoms with Crippen molar-refractivity contribution < 1.29 is 4.79 Å². The number of fused-ring (bicyclic) bond motifs is 1. The number of benzene rings is 1. The number of aryl methyl sites for hydroxylation is 1. The number of anilines is 1.